The van der Waals surface area contributed by atoms with Crippen molar-refractivity contribution < 1.29 is 13.2 Å². The van der Waals surface area contributed by atoms with Gasteiger partial charge in [0.25, 0.3) is 0 Å². The molecule has 0 aliphatic carbocycles. The first-order valence-corrected chi connectivity index (χ1v) is 6.41. The number of nitrogens with zero attached hydrogens (tertiary/aromatic N) is 2. The molecule has 1 heterocycles. The lowest BCUT2D eigenvalue weighted by molar-refractivity contribution is -0.137. The van der Waals surface area contributed by atoms with Gasteiger partial charge in [-0.1, -0.05) is 13.8 Å². The fraction of sp³-hybridized carbons (Fsp3) is 0.357. The highest BCUT2D eigenvalue weighted by Gasteiger charge is 2.34. The van der Waals surface area contributed by atoms with Crippen LogP contribution in [0, 0.1) is 0 Å². The molecule has 2 N–H and O–H groups in total. The fourth-order valence-electron chi connectivity index (χ4n) is 2.07. The quantitative estimate of drug-likeness (QED) is 0.875. The molecule has 0 aliphatic heterocycles. The molecule has 0 atom stereocenters. The van der Waals surface area contributed by atoms with Crippen molar-refractivity contribution >= 4 is 5.69 Å². The maximum Gasteiger partial charge on any atom is 0.418 e. The van der Waals surface area contributed by atoms with Gasteiger partial charge < -0.3 is 5.73 Å². The predicted octanol–water partition coefficient (Wildman–Crippen LogP) is 3.60. The molecule has 1 aromatic carbocycles. The van der Waals surface area contributed by atoms with Crippen LogP contribution in [0.1, 0.15) is 30.8 Å². The van der Waals surface area contributed by atoms with Crippen LogP contribution in [0.4, 0.5) is 18.9 Å². The van der Waals surface area contributed by atoms with Gasteiger partial charge in [0.05, 0.1) is 16.9 Å². The van der Waals surface area contributed by atoms with Crippen LogP contribution < -0.4 is 5.73 Å². The zero-order valence-corrected chi connectivity index (χ0v) is 11.3. The summed E-state index contributed by atoms with van der Waals surface area (Å²) in [6.07, 6.45) is -3.18. The summed E-state index contributed by atoms with van der Waals surface area (Å²) < 4.78 is 40.8. The zero-order chi connectivity index (χ0) is 14.9. The van der Waals surface area contributed by atoms with Crippen LogP contribution in [0.15, 0.2) is 24.3 Å². The first kappa shape index (κ1) is 14.4. The largest absolute Gasteiger partial charge is 0.418 e. The predicted molar refractivity (Wildman–Crippen MR) is 71.7 cm³/mol. The van der Waals surface area contributed by atoms with E-state index in [1.807, 2.05) is 19.9 Å². The molecule has 108 valence electrons. The molecular weight excluding hydrogens is 267 g/mol. The maximum absolute atomic E-state index is 13.1. The van der Waals surface area contributed by atoms with E-state index in [0.29, 0.717) is 12.8 Å². The monoisotopic (exact) mass is 283 g/mol. The third-order valence-electron chi connectivity index (χ3n) is 3.11. The number of rotatable bonds is 3. The van der Waals surface area contributed by atoms with Gasteiger partial charge in [0.1, 0.15) is 0 Å². The molecule has 1 aromatic heterocycles. The van der Waals surface area contributed by atoms with Gasteiger partial charge in [-0.25, -0.2) is 4.68 Å². The number of halogens is 3. The number of hydrogen-bond acceptors (Lipinski definition) is 2. The average molecular weight is 283 g/mol. The number of nitrogens with two attached hydrogens (primary N) is 1. The van der Waals surface area contributed by atoms with Crippen molar-refractivity contribution in [2.24, 2.45) is 0 Å². The second-order valence-electron chi connectivity index (χ2n) is 4.52. The molecule has 2 aromatic rings. The number of anilines is 1. The summed E-state index contributed by atoms with van der Waals surface area (Å²) in [5.74, 6) is 0. The van der Waals surface area contributed by atoms with E-state index < -0.39 is 11.7 Å². The molecule has 0 bridgehead atoms. The molecule has 6 heteroatoms. The van der Waals surface area contributed by atoms with Gasteiger partial charge in [-0.15, -0.1) is 0 Å². The summed E-state index contributed by atoms with van der Waals surface area (Å²) in [7, 11) is 0. The Labute approximate surface area is 115 Å². The van der Waals surface area contributed by atoms with E-state index in [2.05, 4.69) is 5.10 Å². The van der Waals surface area contributed by atoms with Crippen molar-refractivity contribution in [1.82, 2.24) is 9.78 Å². The second kappa shape index (κ2) is 5.19. The summed E-state index contributed by atoms with van der Waals surface area (Å²) in [5, 5.41) is 4.25. The molecule has 0 amide bonds. The Hall–Kier alpha value is -1.98. The Bertz CT molecular complexity index is 615. The van der Waals surface area contributed by atoms with Crippen LogP contribution >= 0.6 is 0 Å². The average Bonchev–Trinajstić information content (AvgIpc) is 2.81. The Balaban J connectivity index is 2.66. The summed E-state index contributed by atoms with van der Waals surface area (Å²) in [4.78, 5) is 0. The topological polar surface area (TPSA) is 43.8 Å². The highest BCUT2D eigenvalue weighted by atomic mass is 19.4. The maximum atomic E-state index is 13.1. The first-order chi connectivity index (χ1) is 9.36. The molecule has 0 saturated carbocycles. The molecular formula is C14H16F3N3. The van der Waals surface area contributed by atoms with E-state index in [-0.39, 0.29) is 11.4 Å². The number of alkyl halides is 3. The Morgan fingerprint density at radius 1 is 1.15 bits per heavy atom. The van der Waals surface area contributed by atoms with Crippen molar-refractivity contribution in [2.75, 3.05) is 5.73 Å². The van der Waals surface area contributed by atoms with Crippen molar-refractivity contribution in [1.29, 1.82) is 0 Å². The standard InChI is InChI=1S/C14H16F3N3/c1-3-10-8-11(4-2)20(19-10)13-6-5-9(18)7-12(13)14(15,16)17/h5-8H,3-4,18H2,1-2H3. The lowest BCUT2D eigenvalue weighted by Gasteiger charge is -2.15. The molecule has 0 fully saturated rings. The number of nitrogen functional groups attached to an aromatic ring is 1. The first-order valence-electron chi connectivity index (χ1n) is 6.41. The fourth-order valence-corrected chi connectivity index (χ4v) is 2.07. The van der Waals surface area contributed by atoms with Gasteiger partial charge in [0.15, 0.2) is 0 Å². The Kier molecular flexibility index (Phi) is 3.74. The van der Waals surface area contributed by atoms with Crippen LogP contribution in [-0.2, 0) is 19.0 Å². The van der Waals surface area contributed by atoms with Crippen LogP contribution in [0.3, 0.4) is 0 Å². The zero-order valence-electron chi connectivity index (χ0n) is 11.3. The number of benzene rings is 1. The van der Waals surface area contributed by atoms with Crippen molar-refractivity contribution in [3.05, 3.63) is 41.2 Å². The van der Waals surface area contributed by atoms with E-state index in [0.717, 1.165) is 17.5 Å². The van der Waals surface area contributed by atoms with Gasteiger partial charge in [-0.05, 0) is 37.1 Å². The van der Waals surface area contributed by atoms with E-state index >= 15 is 0 Å². The van der Waals surface area contributed by atoms with Crippen LogP contribution in [0.5, 0.6) is 0 Å². The van der Waals surface area contributed by atoms with Crippen LogP contribution in [-0.4, -0.2) is 9.78 Å². The van der Waals surface area contributed by atoms with Gasteiger partial charge in [-0.3, -0.25) is 0 Å². The number of hydrogen-bond donors (Lipinski definition) is 1. The Morgan fingerprint density at radius 2 is 1.85 bits per heavy atom. The Morgan fingerprint density at radius 3 is 2.40 bits per heavy atom. The van der Waals surface area contributed by atoms with Gasteiger partial charge in [0.2, 0.25) is 0 Å². The van der Waals surface area contributed by atoms with E-state index in [1.165, 1.54) is 16.8 Å². The molecule has 0 radical (unpaired) electrons. The van der Waals surface area contributed by atoms with E-state index in [9.17, 15) is 13.2 Å². The SMILES string of the molecule is CCc1cc(CC)n(-c2ccc(N)cc2C(F)(F)F)n1. The summed E-state index contributed by atoms with van der Waals surface area (Å²) >= 11 is 0. The third-order valence-corrected chi connectivity index (χ3v) is 3.11. The summed E-state index contributed by atoms with van der Waals surface area (Å²) in [5.41, 5.74) is 6.33. The molecule has 0 unspecified atom stereocenters. The number of aromatic nitrogens is 2. The van der Waals surface area contributed by atoms with Crippen molar-refractivity contribution in [3.63, 3.8) is 0 Å². The molecule has 20 heavy (non-hydrogen) atoms. The molecule has 3 nitrogen and oxygen atoms in total. The summed E-state index contributed by atoms with van der Waals surface area (Å²) in [6.45, 7) is 3.80. The lowest BCUT2D eigenvalue weighted by atomic mass is 10.1. The third kappa shape index (κ3) is 2.64. The van der Waals surface area contributed by atoms with Gasteiger partial charge in [-0.2, -0.15) is 18.3 Å². The minimum Gasteiger partial charge on any atom is -0.399 e. The molecule has 0 spiro atoms. The van der Waals surface area contributed by atoms with Crippen molar-refractivity contribution in [2.45, 2.75) is 32.9 Å². The minimum atomic E-state index is -4.46. The van der Waals surface area contributed by atoms with Gasteiger partial charge in [0, 0.05) is 11.4 Å². The van der Waals surface area contributed by atoms with E-state index in [4.69, 9.17) is 5.73 Å². The smallest absolute Gasteiger partial charge is 0.399 e. The van der Waals surface area contributed by atoms with Crippen molar-refractivity contribution in [3.8, 4) is 5.69 Å². The van der Waals surface area contributed by atoms with Gasteiger partial charge >= 0.3 is 6.18 Å². The minimum absolute atomic E-state index is 0.0169. The number of aryl methyl sites for hydroxylation is 2. The summed E-state index contributed by atoms with van der Waals surface area (Å²) in [6, 6.07) is 5.60. The molecule has 2 rings (SSSR count). The van der Waals surface area contributed by atoms with E-state index in [1.54, 1.807) is 0 Å². The lowest BCUT2D eigenvalue weighted by Crippen LogP contribution is -2.13. The highest BCUT2D eigenvalue weighted by molar-refractivity contribution is 5.53. The molecule has 0 aliphatic rings. The highest BCUT2D eigenvalue weighted by Crippen LogP contribution is 2.35. The second-order valence-corrected chi connectivity index (χ2v) is 4.52. The van der Waals surface area contributed by atoms with Crippen LogP contribution in [0.25, 0.3) is 5.69 Å². The van der Waals surface area contributed by atoms with Crippen LogP contribution in [0.2, 0.25) is 0 Å². The normalized spacial score (nSPS) is 11.8. The molecule has 0 saturated heterocycles.